The molecule has 3 heteroatoms. The molecule has 1 aromatic heterocycles. The summed E-state index contributed by atoms with van der Waals surface area (Å²) in [7, 11) is 0. The highest BCUT2D eigenvalue weighted by atomic mass is 35.5. The van der Waals surface area contributed by atoms with E-state index in [1.165, 1.54) is 0 Å². The van der Waals surface area contributed by atoms with Gasteiger partial charge < -0.3 is 9.78 Å². The summed E-state index contributed by atoms with van der Waals surface area (Å²) in [6.07, 6.45) is 2.90. The van der Waals surface area contributed by atoms with Crippen molar-refractivity contribution in [1.82, 2.24) is 4.98 Å². The van der Waals surface area contributed by atoms with Gasteiger partial charge in [-0.25, -0.2) is 0 Å². The number of hydrogen-bond donors (Lipinski definition) is 1. The number of aromatic nitrogens is 1. The first-order valence-electron chi connectivity index (χ1n) is 2.59. The fraction of sp³-hybridized carbons (Fsp3) is 0.167. The van der Waals surface area contributed by atoms with Gasteiger partial charge in [0.05, 0.1) is 5.02 Å². The average Bonchev–Trinajstić information content (AvgIpc) is 2.17. The van der Waals surface area contributed by atoms with E-state index in [0.29, 0.717) is 11.4 Å². The number of halogens is 1. The fourth-order valence-electron chi connectivity index (χ4n) is 0.619. The molecule has 0 unspecified atom stereocenters. The average molecular weight is 144 g/mol. The predicted molar refractivity (Wildman–Crippen MR) is 35.6 cm³/mol. The highest BCUT2D eigenvalue weighted by Crippen LogP contribution is 2.08. The van der Waals surface area contributed by atoms with Crippen molar-refractivity contribution in [2.24, 2.45) is 0 Å². The summed E-state index contributed by atoms with van der Waals surface area (Å²) in [4.78, 5) is 12.8. The molecule has 1 N–H and O–H groups in total. The molecular formula is C6H6ClNO. The Balaban J connectivity index is 2.72. The normalized spacial score (nSPS) is 9.44. The predicted octanol–water partition coefficient (Wildman–Crippen LogP) is 1.41. The molecule has 9 heavy (non-hydrogen) atoms. The zero-order chi connectivity index (χ0) is 6.69. The molecule has 1 heterocycles. The van der Waals surface area contributed by atoms with Crippen molar-refractivity contribution >= 4 is 17.9 Å². The monoisotopic (exact) mass is 143 g/mol. The molecule has 0 aliphatic rings. The molecule has 48 valence electrons. The van der Waals surface area contributed by atoms with E-state index in [1.54, 1.807) is 12.3 Å². The summed E-state index contributed by atoms with van der Waals surface area (Å²) in [5, 5.41) is 0.645. The Labute approximate surface area is 57.8 Å². The third-order valence-corrected chi connectivity index (χ3v) is 1.23. The van der Waals surface area contributed by atoms with Gasteiger partial charge in [-0.05, 0) is 6.07 Å². The van der Waals surface area contributed by atoms with Gasteiger partial charge in [-0.15, -0.1) is 0 Å². The number of rotatable bonds is 2. The molecule has 1 rings (SSSR count). The summed E-state index contributed by atoms with van der Waals surface area (Å²) in [5.41, 5.74) is 0.856. The Morgan fingerprint density at radius 2 is 2.56 bits per heavy atom. The van der Waals surface area contributed by atoms with E-state index in [0.717, 1.165) is 12.0 Å². The topological polar surface area (TPSA) is 32.9 Å². The fourth-order valence-corrected chi connectivity index (χ4v) is 0.805. The van der Waals surface area contributed by atoms with E-state index < -0.39 is 0 Å². The summed E-state index contributed by atoms with van der Waals surface area (Å²) >= 11 is 5.55. The second-order valence-electron chi connectivity index (χ2n) is 1.71. The largest absolute Gasteiger partial charge is 0.363 e. The molecular weight excluding hydrogens is 138 g/mol. The number of carbonyl (C=O) groups is 1. The van der Waals surface area contributed by atoms with Crippen molar-refractivity contribution < 1.29 is 4.79 Å². The molecule has 0 saturated heterocycles. The maximum atomic E-state index is 9.92. The third-order valence-electron chi connectivity index (χ3n) is 1.01. The van der Waals surface area contributed by atoms with Crippen molar-refractivity contribution in [2.45, 2.75) is 6.42 Å². The zero-order valence-electron chi connectivity index (χ0n) is 4.73. The number of H-pyrrole nitrogens is 1. The van der Waals surface area contributed by atoms with Crippen molar-refractivity contribution in [3.8, 4) is 0 Å². The smallest absolute Gasteiger partial charge is 0.125 e. The quantitative estimate of drug-likeness (QED) is 0.624. The molecule has 0 atom stereocenters. The van der Waals surface area contributed by atoms with Crippen LogP contribution in [-0.4, -0.2) is 11.3 Å². The molecule has 0 aliphatic heterocycles. The van der Waals surface area contributed by atoms with Crippen LogP contribution in [0.25, 0.3) is 0 Å². The van der Waals surface area contributed by atoms with Crippen molar-refractivity contribution in [2.75, 3.05) is 0 Å². The van der Waals surface area contributed by atoms with E-state index in [-0.39, 0.29) is 0 Å². The lowest BCUT2D eigenvalue weighted by Crippen LogP contribution is -1.82. The lowest BCUT2D eigenvalue weighted by Gasteiger charge is -1.81. The van der Waals surface area contributed by atoms with Gasteiger partial charge in [0, 0.05) is 18.3 Å². The van der Waals surface area contributed by atoms with Crippen LogP contribution in [0.1, 0.15) is 5.69 Å². The highest BCUT2D eigenvalue weighted by Gasteiger charge is 1.92. The first-order valence-corrected chi connectivity index (χ1v) is 2.97. The van der Waals surface area contributed by atoms with E-state index in [4.69, 9.17) is 11.6 Å². The van der Waals surface area contributed by atoms with Crippen LogP contribution >= 0.6 is 11.6 Å². The maximum Gasteiger partial charge on any atom is 0.125 e. The number of hydrogen-bond acceptors (Lipinski definition) is 1. The molecule has 2 nitrogen and oxygen atoms in total. The Morgan fingerprint density at radius 1 is 1.78 bits per heavy atom. The van der Waals surface area contributed by atoms with Gasteiger partial charge in [0.1, 0.15) is 6.29 Å². The summed E-state index contributed by atoms with van der Waals surface area (Å²) in [6, 6.07) is 1.73. The van der Waals surface area contributed by atoms with Crippen molar-refractivity contribution in [3.05, 3.63) is 23.0 Å². The standard InChI is InChI=1S/C6H6ClNO/c7-5-3-6(1-2-9)8-4-5/h2-4,8H,1H2. The first-order chi connectivity index (χ1) is 4.33. The van der Waals surface area contributed by atoms with E-state index in [9.17, 15) is 4.79 Å². The summed E-state index contributed by atoms with van der Waals surface area (Å²) in [5.74, 6) is 0. The second-order valence-corrected chi connectivity index (χ2v) is 2.15. The Morgan fingerprint density at radius 3 is 3.00 bits per heavy atom. The van der Waals surface area contributed by atoms with Gasteiger partial charge in [-0.2, -0.15) is 0 Å². The number of carbonyl (C=O) groups excluding carboxylic acids is 1. The third kappa shape index (κ3) is 1.57. The van der Waals surface area contributed by atoms with E-state index >= 15 is 0 Å². The number of nitrogens with one attached hydrogen (secondary N) is 1. The van der Waals surface area contributed by atoms with Crippen LogP contribution in [0.3, 0.4) is 0 Å². The van der Waals surface area contributed by atoms with Crippen LogP contribution < -0.4 is 0 Å². The zero-order valence-corrected chi connectivity index (χ0v) is 5.48. The van der Waals surface area contributed by atoms with E-state index in [2.05, 4.69) is 4.98 Å². The van der Waals surface area contributed by atoms with Gasteiger partial charge in [0.25, 0.3) is 0 Å². The van der Waals surface area contributed by atoms with Crippen molar-refractivity contribution in [3.63, 3.8) is 0 Å². The lowest BCUT2D eigenvalue weighted by molar-refractivity contribution is -0.107. The molecule has 0 spiro atoms. The van der Waals surface area contributed by atoms with Crippen LogP contribution in [-0.2, 0) is 11.2 Å². The summed E-state index contributed by atoms with van der Waals surface area (Å²) in [6.45, 7) is 0. The molecule has 1 aromatic rings. The molecule has 0 aromatic carbocycles. The second kappa shape index (κ2) is 2.69. The Bertz CT molecular complexity index is 207. The molecule has 0 radical (unpaired) electrons. The van der Waals surface area contributed by atoms with Crippen LogP contribution in [0.5, 0.6) is 0 Å². The van der Waals surface area contributed by atoms with E-state index in [1.807, 2.05) is 0 Å². The van der Waals surface area contributed by atoms with Crippen LogP contribution in [0, 0.1) is 0 Å². The molecule has 0 bridgehead atoms. The van der Waals surface area contributed by atoms with Gasteiger partial charge in [0.2, 0.25) is 0 Å². The van der Waals surface area contributed by atoms with Crippen LogP contribution in [0.4, 0.5) is 0 Å². The summed E-state index contributed by atoms with van der Waals surface area (Å²) < 4.78 is 0. The minimum absolute atomic E-state index is 0.409. The molecule has 0 saturated carbocycles. The number of aldehydes is 1. The molecule has 0 fully saturated rings. The van der Waals surface area contributed by atoms with Gasteiger partial charge in [-0.3, -0.25) is 0 Å². The van der Waals surface area contributed by atoms with Crippen molar-refractivity contribution in [1.29, 1.82) is 0 Å². The van der Waals surface area contributed by atoms with Gasteiger partial charge >= 0.3 is 0 Å². The molecule has 0 amide bonds. The minimum atomic E-state index is 0.409. The highest BCUT2D eigenvalue weighted by molar-refractivity contribution is 6.30. The Hall–Kier alpha value is -0.760. The van der Waals surface area contributed by atoms with Crippen LogP contribution in [0.15, 0.2) is 12.3 Å². The first kappa shape index (κ1) is 6.36. The minimum Gasteiger partial charge on any atom is -0.363 e. The lowest BCUT2D eigenvalue weighted by atomic mass is 10.3. The van der Waals surface area contributed by atoms with Gasteiger partial charge in [-0.1, -0.05) is 11.6 Å². The number of aromatic amines is 1. The van der Waals surface area contributed by atoms with Crippen LogP contribution in [0.2, 0.25) is 5.02 Å². The maximum absolute atomic E-state index is 9.92. The Kier molecular flexibility index (Phi) is 1.90. The SMILES string of the molecule is O=CCc1cc(Cl)c[nH]1. The van der Waals surface area contributed by atoms with Gasteiger partial charge in [0.15, 0.2) is 0 Å². The molecule has 0 aliphatic carbocycles.